The van der Waals surface area contributed by atoms with E-state index < -0.39 is 25.6 Å². The highest BCUT2D eigenvalue weighted by atomic mass is 32.2. The van der Waals surface area contributed by atoms with E-state index in [1.807, 2.05) is 48.9 Å². The average molecular weight is 741 g/mol. The maximum absolute atomic E-state index is 11.7. The molecule has 0 bridgehead atoms. The van der Waals surface area contributed by atoms with Crippen LogP contribution in [-0.2, 0) is 59.9 Å². The Bertz CT molecular complexity index is 2380. The lowest BCUT2D eigenvalue weighted by Gasteiger charge is -2.09. The zero-order valence-electron chi connectivity index (χ0n) is 27.6. The minimum Gasteiger partial charge on any atom is -0.481 e. The fraction of sp³-hybridized carbons (Fsp3) is 0.257. The van der Waals surface area contributed by atoms with Gasteiger partial charge in [0.05, 0.1) is 29.7 Å². The summed E-state index contributed by atoms with van der Waals surface area (Å²) in [7, 11) is -5.01. The summed E-state index contributed by atoms with van der Waals surface area (Å²) < 4.78 is 55.3. The van der Waals surface area contributed by atoms with Crippen molar-refractivity contribution < 1.29 is 36.3 Å². The molecular weight excluding hydrogens is 705 g/mol. The van der Waals surface area contributed by atoms with Gasteiger partial charge in [0, 0.05) is 47.8 Å². The number of benzene rings is 2. The molecule has 0 fully saturated rings. The summed E-state index contributed by atoms with van der Waals surface area (Å²) >= 11 is 3.20. The highest BCUT2D eigenvalue weighted by Gasteiger charge is 2.19. The number of fused-ring (bicyclic) bond motifs is 2. The first-order valence-corrected chi connectivity index (χ1v) is 20.6. The van der Waals surface area contributed by atoms with E-state index in [0.29, 0.717) is 22.9 Å². The number of carbonyl (C=O) groups excluding carboxylic acids is 1. The molecule has 0 saturated carbocycles. The zero-order valence-corrected chi connectivity index (χ0v) is 30.9. The van der Waals surface area contributed by atoms with Crippen LogP contribution in [0.15, 0.2) is 81.2 Å². The van der Waals surface area contributed by atoms with Crippen LogP contribution in [-0.4, -0.2) is 62.6 Å². The number of carboxylic acids is 1. The number of thiophene rings is 2. The Labute approximate surface area is 293 Å². The second-order valence-electron chi connectivity index (χ2n) is 11.7. The molecule has 49 heavy (non-hydrogen) atoms. The Balaban J connectivity index is 0.000000191. The number of aromatic nitrogens is 2. The molecule has 0 spiro atoms. The van der Waals surface area contributed by atoms with Crippen LogP contribution in [0.25, 0.3) is 20.4 Å². The van der Waals surface area contributed by atoms with Gasteiger partial charge in [-0.1, -0.05) is 24.3 Å². The number of sulfone groups is 2. The van der Waals surface area contributed by atoms with Crippen LogP contribution in [0.3, 0.4) is 0 Å². The summed E-state index contributed by atoms with van der Waals surface area (Å²) in [4.78, 5) is 25.6. The smallest absolute Gasteiger partial charge is 0.310 e. The second-order valence-corrected chi connectivity index (χ2v) is 17.6. The Hall–Kier alpha value is -4.24. The number of rotatable bonds is 10. The van der Waals surface area contributed by atoms with Crippen LogP contribution in [0.2, 0.25) is 0 Å². The van der Waals surface area contributed by atoms with Gasteiger partial charge in [0.15, 0.2) is 19.7 Å². The first-order valence-electron chi connectivity index (χ1n) is 15.1. The van der Waals surface area contributed by atoms with Gasteiger partial charge < -0.3 is 19.0 Å². The second kappa shape index (κ2) is 14.3. The average Bonchev–Trinajstić information content (AvgIpc) is 3.81. The van der Waals surface area contributed by atoms with Crippen molar-refractivity contribution in [3.63, 3.8) is 0 Å². The Morgan fingerprint density at radius 1 is 0.673 bits per heavy atom. The molecule has 1 N–H and O–H groups in total. The Kier molecular flexibility index (Phi) is 10.5. The van der Waals surface area contributed by atoms with Crippen molar-refractivity contribution in [3.05, 3.63) is 105 Å². The van der Waals surface area contributed by atoms with Gasteiger partial charge >= 0.3 is 11.9 Å². The van der Waals surface area contributed by atoms with E-state index >= 15 is 0 Å². The highest BCUT2D eigenvalue weighted by Crippen LogP contribution is 2.33. The van der Waals surface area contributed by atoms with Crippen LogP contribution < -0.4 is 0 Å². The lowest BCUT2D eigenvalue weighted by Crippen LogP contribution is -2.07. The summed E-state index contributed by atoms with van der Waals surface area (Å²) in [6, 6.07) is 17.7. The third kappa shape index (κ3) is 7.99. The number of ether oxygens (including phenoxy) is 1. The molecule has 14 heteroatoms. The largest absolute Gasteiger partial charge is 0.481 e. The van der Waals surface area contributed by atoms with Crippen molar-refractivity contribution in [2.45, 2.75) is 49.6 Å². The lowest BCUT2D eigenvalue weighted by atomic mass is 10.1. The third-order valence-electron chi connectivity index (χ3n) is 8.37. The van der Waals surface area contributed by atoms with Crippen LogP contribution in [0.4, 0.5) is 0 Å². The van der Waals surface area contributed by atoms with Crippen molar-refractivity contribution in [2.75, 3.05) is 19.6 Å². The SMILES string of the molecule is COC(=O)Cc1c(C)n(Cc2ccc(S(C)(=O)=O)cc2)c2sccc12.Cc1c(CC(=O)O)c2ccsc2n1Cc1ccc(S(C)(=O)=O)cc1. The molecule has 0 aliphatic rings. The molecule has 10 nitrogen and oxygen atoms in total. The molecule has 4 aromatic heterocycles. The van der Waals surface area contributed by atoms with Gasteiger partial charge in [-0.15, -0.1) is 22.7 Å². The van der Waals surface area contributed by atoms with Crippen LogP contribution >= 0.6 is 22.7 Å². The normalized spacial score (nSPS) is 11.9. The molecule has 0 saturated heterocycles. The van der Waals surface area contributed by atoms with Crippen molar-refractivity contribution >= 4 is 74.7 Å². The molecule has 6 aromatic rings. The number of hydrogen-bond donors (Lipinski definition) is 1. The van der Waals surface area contributed by atoms with Crippen molar-refractivity contribution in [2.24, 2.45) is 0 Å². The van der Waals surface area contributed by atoms with Crippen molar-refractivity contribution in [1.82, 2.24) is 9.13 Å². The standard InChI is InChI=1S/C18H19NO4S2.C17H17NO4S2/c1-12-16(10-17(20)23-2)15-8-9-24-18(15)19(12)11-13-4-6-14(7-5-13)25(3,21)22;1-11-15(9-16(19)20)14-7-8-23-17(14)18(11)10-12-3-5-13(6-4-12)24(2,21)22/h4-9H,10-11H2,1-3H3;3-8H,9-10H2,1-2H3,(H,19,20). The van der Waals surface area contributed by atoms with E-state index in [0.717, 1.165) is 54.1 Å². The Morgan fingerprint density at radius 3 is 1.41 bits per heavy atom. The van der Waals surface area contributed by atoms with Crippen LogP contribution in [0.5, 0.6) is 0 Å². The topological polar surface area (TPSA) is 142 Å². The van der Waals surface area contributed by atoms with Gasteiger partial charge in [-0.05, 0) is 83.3 Å². The van der Waals surface area contributed by atoms with E-state index in [4.69, 9.17) is 9.84 Å². The van der Waals surface area contributed by atoms with E-state index in [-0.39, 0.29) is 18.8 Å². The molecule has 0 unspecified atom stereocenters. The number of methoxy groups -OCH3 is 1. The molecule has 6 rings (SSSR count). The number of nitrogens with zero attached hydrogens (tertiary/aromatic N) is 2. The molecule has 4 heterocycles. The fourth-order valence-electron chi connectivity index (χ4n) is 5.74. The zero-order chi connectivity index (χ0) is 35.7. The van der Waals surface area contributed by atoms with Gasteiger partial charge in [0.2, 0.25) is 0 Å². The molecular formula is C35H36N2O8S4. The molecule has 0 aliphatic carbocycles. The first-order chi connectivity index (χ1) is 23.1. The number of esters is 1. The predicted molar refractivity (Wildman–Crippen MR) is 193 cm³/mol. The number of carbonyl (C=O) groups is 2. The van der Waals surface area contributed by atoms with Gasteiger partial charge in [-0.3, -0.25) is 9.59 Å². The summed E-state index contributed by atoms with van der Waals surface area (Å²) in [5.74, 6) is -1.10. The molecule has 0 atom stereocenters. The summed E-state index contributed by atoms with van der Waals surface area (Å²) in [5.41, 5.74) is 5.76. The van der Waals surface area contributed by atoms with Crippen molar-refractivity contribution in [3.8, 4) is 0 Å². The van der Waals surface area contributed by atoms with Crippen molar-refractivity contribution in [1.29, 1.82) is 0 Å². The van der Waals surface area contributed by atoms with E-state index in [2.05, 4.69) is 9.13 Å². The third-order valence-corrected chi connectivity index (χ3v) is 12.5. The molecule has 0 radical (unpaired) electrons. The number of aliphatic carboxylic acids is 1. The van der Waals surface area contributed by atoms with Crippen LogP contribution in [0.1, 0.15) is 33.6 Å². The monoisotopic (exact) mass is 740 g/mol. The molecule has 0 amide bonds. The maximum Gasteiger partial charge on any atom is 0.310 e. The van der Waals surface area contributed by atoms with Gasteiger partial charge in [-0.25, -0.2) is 16.8 Å². The summed E-state index contributed by atoms with van der Waals surface area (Å²) in [5, 5.41) is 15.1. The van der Waals surface area contributed by atoms with E-state index in [9.17, 15) is 26.4 Å². The van der Waals surface area contributed by atoms with Crippen LogP contribution in [0, 0.1) is 13.8 Å². The molecule has 0 aliphatic heterocycles. The first kappa shape index (κ1) is 36.1. The van der Waals surface area contributed by atoms with Gasteiger partial charge in [0.25, 0.3) is 0 Å². The lowest BCUT2D eigenvalue weighted by molar-refractivity contribution is -0.140. The Morgan fingerprint density at radius 2 is 1.06 bits per heavy atom. The summed E-state index contributed by atoms with van der Waals surface area (Å²) in [6.07, 6.45) is 2.63. The minimum atomic E-state index is -3.21. The van der Waals surface area contributed by atoms with Gasteiger partial charge in [-0.2, -0.15) is 0 Å². The summed E-state index contributed by atoms with van der Waals surface area (Å²) in [6.45, 7) is 5.12. The number of hydrogen-bond acceptors (Lipinski definition) is 9. The minimum absolute atomic E-state index is 0.000910. The maximum atomic E-state index is 11.7. The molecule has 258 valence electrons. The molecule has 2 aromatic carbocycles. The van der Waals surface area contributed by atoms with E-state index in [1.54, 1.807) is 59.1 Å². The van der Waals surface area contributed by atoms with E-state index in [1.165, 1.54) is 19.6 Å². The fourth-order valence-corrected chi connectivity index (χ4v) is 8.97. The number of carboxylic acid groups (broad SMARTS) is 1. The quantitative estimate of drug-likeness (QED) is 0.162. The highest BCUT2D eigenvalue weighted by molar-refractivity contribution is 7.91. The predicted octanol–water partition coefficient (Wildman–Crippen LogP) is 6.27. The van der Waals surface area contributed by atoms with Gasteiger partial charge in [0.1, 0.15) is 9.66 Å².